The van der Waals surface area contributed by atoms with Gasteiger partial charge in [0.15, 0.2) is 0 Å². The monoisotopic (exact) mass is 484 g/mol. The van der Waals surface area contributed by atoms with E-state index in [0.29, 0.717) is 0 Å². The molecule has 200 valence electrons. The van der Waals surface area contributed by atoms with Crippen molar-refractivity contribution in [1.29, 1.82) is 0 Å². The first-order chi connectivity index (χ1) is 16.3. The second-order valence-corrected chi connectivity index (χ2v) is 10.1. The molecule has 0 aliphatic carbocycles. The minimum Gasteiger partial charge on any atom is -0.481 e. The smallest absolute Gasteiger partial charge is 0.309 e. The number of unbranched alkanes of at least 4 members (excludes halogenated alkanes) is 15. The van der Waals surface area contributed by atoms with Crippen molar-refractivity contribution in [3.63, 3.8) is 0 Å². The maximum Gasteiger partial charge on any atom is 0.309 e. The molecule has 0 saturated heterocycles. The summed E-state index contributed by atoms with van der Waals surface area (Å²) in [4.78, 5) is 33.5. The van der Waals surface area contributed by atoms with E-state index in [0.717, 1.165) is 128 Å². The number of carboxylic acid groups (broad SMARTS) is 3. The van der Waals surface area contributed by atoms with E-state index < -0.39 is 23.3 Å². The van der Waals surface area contributed by atoms with Crippen molar-refractivity contribution in [2.45, 2.75) is 155 Å². The number of carboxylic acids is 3. The number of hydrogen-bond acceptors (Lipinski definition) is 3. The van der Waals surface area contributed by atoms with E-state index in [9.17, 15) is 19.5 Å². The Labute approximate surface area is 207 Å². The summed E-state index contributed by atoms with van der Waals surface area (Å²) in [7, 11) is 0. The zero-order valence-corrected chi connectivity index (χ0v) is 21.8. The van der Waals surface area contributed by atoms with Gasteiger partial charge in [0.1, 0.15) is 0 Å². The van der Waals surface area contributed by atoms with Crippen molar-refractivity contribution in [2.75, 3.05) is 0 Å². The van der Waals surface area contributed by atoms with Gasteiger partial charge in [0.05, 0.1) is 5.41 Å². The van der Waals surface area contributed by atoms with Crippen molar-refractivity contribution < 1.29 is 29.7 Å². The second kappa shape index (κ2) is 21.9. The topological polar surface area (TPSA) is 112 Å². The van der Waals surface area contributed by atoms with Gasteiger partial charge in [0.2, 0.25) is 0 Å². The first kappa shape index (κ1) is 32.4. The predicted molar refractivity (Wildman–Crippen MR) is 137 cm³/mol. The number of aliphatic carboxylic acids is 3. The van der Waals surface area contributed by atoms with Gasteiger partial charge in [-0.25, -0.2) is 0 Å². The molecule has 0 aromatic rings. The normalized spacial score (nSPS) is 11.6. The van der Waals surface area contributed by atoms with Gasteiger partial charge in [-0.1, -0.05) is 110 Å². The average Bonchev–Trinajstić information content (AvgIpc) is 2.78. The van der Waals surface area contributed by atoms with Gasteiger partial charge in [-0.2, -0.15) is 0 Å². The predicted octanol–water partition coefficient (Wildman–Crippen LogP) is 8.22. The SMILES string of the molecule is CCCCCCC(CCCCCCCCCC(=O)O)(CCCCCCCCCC(=O)O)C(=O)O. The molecule has 0 radical (unpaired) electrons. The summed E-state index contributed by atoms with van der Waals surface area (Å²) < 4.78 is 0. The third-order valence-corrected chi connectivity index (χ3v) is 7.05. The van der Waals surface area contributed by atoms with Crippen LogP contribution in [0.4, 0.5) is 0 Å². The van der Waals surface area contributed by atoms with Crippen molar-refractivity contribution in [1.82, 2.24) is 0 Å². The fourth-order valence-corrected chi connectivity index (χ4v) is 4.83. The minimum atomic E-state index is -0.723. The van der Waals surface area contributed by atoms with E-state index in [1.807, 2.05) is 0 Å². The van der Waals surface area contributed by atoms with Gasteiger partial charge < -0.3 is 15.3 Å². The lowest BCUT2D eigenvalue weighted by atomic mass is 9.74. The Hall–Kier alpha value is -1.59. The van der Waals surface area contributed by atoms with Crippen LogP contribution in [-0.4, -0.2) is 33.2 Å². The second-order valence-electron chi connectivity index (χ2n) is 10.1. The third-order valence-electron chi connectivity index (χ3n) is 7.05. The zero-order valence-electron chi connectivity index (χ0n) is 21.8. The molecule has 6 nitrogen and oxygen atoms in total. The Morgan fingerprint density at radius 1 is 0.471 bits per heavy atom. The minimum absolute atomic E-state index is 0.254. The molecule has 0 spiro atoms. The van der Waals surface area contributed by atoms with Gasteiger partial charge in [-0.05, 0) is 32.1 Å². The van der Waals surface area contributed by atoms with E-state index >= 15 is 0 Å². The maximum atomic E-state index is 12.4. The molecule has 0 amide bonds. The summed E-state index contributed by atoms with van der Waals surface area (Å²) in [5, 5.41) is 27.5. The zero-order chi connectivity index (χ0) is 25.5. The highest BCUT2D eigenvalue weighted by atomic mass is 16.4. The first-order valence-corrected chi connectivity index (χ1v) is 14.0. The summed E-state index contributed by atoms with van der Waals surface area (Å²) in [5.41, 5.74) is -0.587. The molecule has 0 rings (SSSR count). The van der Waals surface area contributed by atoms with Crippen LogP contribution < -0.4 is 0 Å². The van der Waals surface area contributed by atoms with E-state index in [-0.39, 0.29) is 12.8 Å². The van der Waals surface area contributed by atoms with Crippen LogP contribution in [-0.2, 0) is 14.4 Å². The van der Waals surface area contributed by atoms with Gasteiger partial charge >= 0.3 is 17.9 Å². The van der Waals surface area contributed by atoms with Crippen molar-refractivity contribution in [2.24, 2.45) is 5.41 Å². The van der Waals surface area contributed by atoms with Gasteiger partial charge in [-0.15, -0.1) is 0 Å². The molecule has 0 aromatic heterocycles. The van der Waals surface area contributed by atoms with Crippen molar-refractivity contribution in [3.05, 3.63) is 0 Å². The average molecular weight is 485 g/mol. The van der Waals surface area contributed by atoms with Crippen LogP contribution in [0.1, 0.15) is 155 Å². The molecule has 6 heteroatoms. The molecule has 34 heavy (non-hydrogen) atoms. The van der Waals surface area contributed by atoms with Gasteiger partial charge in [0.25, 0.3) is 0 Å². The summed E-state index contributed by atoms with van der Waals surface area (Å²) in [5.74, 6) is -2.06. The summed E-state index contributed by atoms with van der Waals surface area (Å²) in [6.07, 6.45) is 21.2. The molecule has 0 unspecified atom stereocenters. The molecule has 0 heterocycles. The fourth-order valence-electron chi connectivity index (χ4n) is 4.83. The molecule has 0 aromatic carbocycles. The lowest BCUT2D eigenvalue weighted by Gasteiger charge is -2.30. The highest BCUT2D eigenvalue weighted by Crippen LogP contribution is 2.38. The molecule has 0 atom stereocenters. The number of hydrogen-bond donors (Lipinski definition) is 3. The molecule has 0 saturated carbocycles. The Kier molecular flexibility index (Phi) is 20.9. The first-order valence-electron chi connectivity index (χ1n) is 14.0. The fraction of sp³-hybridized carbons (Fsp3) is 0.893. The Bertz CT molecular complexity index is 499. The molecule has 3 N–H and O–H groups in total. The van der Waals surface area contributed by atoms with Crippen LogP contribution in [0.3, 0.4) is 0 Å². The molecule has 0 aliphatic rings. The highest BCUT2D eigenvalue weighted by molar-refractivity contribution is 5.74. The van der Waals surface area contributed by atoms with Gasteiger partial charge in [-0.3, -0.25) is 14.4 Å². The molecule has 0 aliphatic heterocycles. The van der Waals surface area contributed by atoms with E-state index in [1.54, 1.807) is 0 Å². The Morgan fingerprint density at radius 2 is 0.765 bits per heavy atom. The highest BCUT2D eigenvalue weighted by Gasteiger charge is 2.36. The van der Waals surface area contributed by atoms with Crippen molar-refractivity contribution >= 4 is 17.9 Å². The quantitative estimate of drug-likeness (QED) is 0.107. The van der Waals surface area contributed by atoms with Crippen LogP contribution in [0.2, 0.25) is 0 Å². The molecular formula is C28H52O6. The van der Waals surface area contributed by atoms with Crippen molar-refractivity contribution in [3.8, 4) is 0 Å². The number of rotatable bonds is 26. The third kappa shape index (κ3) is 18.8. The Balaban J connectivity index is 4.32. The van der Waals surface area contributed by atoms with Crippen LogP contribution in [0, 0.1) is 5.41 Å². The lowest BCUT2D eigenvalue weighted by molar-refractivity contribution is -0.151. The van der Waals surface area contributed by atoms with Crippen LogP contribution in [0.15, 0.2) is 0 Å². The standard InChI is InChI=1S/C28H52O6/c1-2-3-4-17-22-28(27(33)34,23-18-13-9-5-7-11-15-20-25(29)30)24-19-14-10-6-8-12-16-21-26(31)32/h2-24H2,1H3,(H,29,30)(H,31,32)(H,33,34). The van der Waals surface area contributed by atoms with E-state index in [1.165, 1.54) is 6.42 Å². The molecule has 0 fully saturated rings. The van der Waals surface area contributed by atoms with Gasteiger partial charge in [0, 0.05) is 12.8 Å². The van der Waals surface area contributed by atoms with Crippen LogP contribution in [0.25, 0.3) is 0 Å². The summed E-state index contributed by atoms with van der Waals surface area (Å²) in [6.45, 7) is 2.17. The lowest BCUT2D eigenvalue weighted by Crippen LogP contribution is -2.31. The molecular weight excluding hydrogens is 432 g/mol. The largest absolute Gasteiger partial charge is 0.481 e. The molecule has 0 bridgehead atoms. The number of carbonyl (C=O) groups is 3. The maximum absolute atomic E-state index is 12.4. The van der Waals surface area contributed by atoms with E-state index in [2.05, 4.69) is 6.92 Å². The van der Waals surface area contributed by atoms with E-state index in [4.69, 9.17) is 10.2 Å². The van der Waals surface area contributed by atoms with Crippen LogP contribution >= 0.6 is 0 Å². The summed E-state index contributed by atoms with van der Waals surface area (Å²) >= 11 is 0. The summed E-state index contributed by atoms with van der Waals surface area (Å²) in [6, 6.07) is 0. The Morgan fingerprint density at radius 3 is 1.06 bits per heavy atom. The van der Waals surface area contributed by atoms with Crippen LogP contribution in [0.5, 0.6) is 0 Å².